The van der Waals surface area contributed by atoms with Gasteiger partial charge in [0.05, 0.1) is 22.2 Å². The van der Waals surface area contributed by atoms with Crippen LogP contribution in [0, 0.1) is 11.6 Å². The number of fused-ring (bicyclic) bond motifs is 1. The smallest absolute Gasteiger partial charge is 0.141 e. The van der Waals surface area contributed by atoms with Crippen molar-refractivity contribution in [3.8, 4) is 17.1 Å². The maximum Gasteiger partial charge on any atom is 0.141 e. The molecule has 3 aromatic carbocycles. The van der Waals surface area contributed by atoms with Gasteiger partial charge in [-0.1, -0.05) is 30.3 Å². The van der Waals surface area contributed by atoms with Crippen molar-refractivity contribution in [2.24, 2.45) is 0 Å². The number of likely N-dealkylation sites (tertiary alicyclic amines) is 1. The molecule has 0 spiro atoms. The van der Waals surface area contributed by atoms with Crippen LogP contribution in [0.5, 0.6) is 5.75 Å². The van der Waals surface area contributed by atoms with Gasteiger partial charge in [-0.15, -0.1) is 0 Å². The van der Waals surface area contributed by atoms with Crippen LogP contribution in [-0.4, -0.2) is 38.2 Å². The highest BCUT2D eigenvalue weighted by Crippen LogP contribution is 2.35. The second-order valence-electron chi connectivity index (χ2n) is 8.34. The van der Waals surface area contributed by atoms with Crippen molar-refractivity contribution < 1.29 is 19.0 Å². The lowest BCUT2D eigenvalue weighted by atomic mass is 9.84. The highest BCUT2D eigenvalue weighted by Gasteiger charge is 2.34. The van der Waals surface area contributed by atoms with Gasteiger partial charge < -0.3 is 15.2 Å². The lowest BCUT2D eigenvalue weighted by Gasteiger charge is -2.38. The number of rotatable bonds is 4. The predicted molar refractivity (Wildman–Crippen MR) is 118 cm³/mol. The van der Waals surface area contributed by atoms with Crippen LogP contribution in [-0.2, 0) is 12.1 Å². The second-order valence-corrected chi connectivity index (χ2v) is 8.34. The van der Waals surface area contributed by atoms with Crippen LogP contribution >= 0.6 is 0 Å². The average Bonchev–Trinajstić information content (AvgIpc) is 3.22. The Kier molecular flexibility index (Phi) is 5.15. The molecule has 0 aliphatic carbocycles. The van der Waals surface area contributed by atoms with Gasteiger partial charge in [0.15, 0.2) is 0 Å². The molecular formula is C25H23F2N3O2. The number of aromatic nitrogens is 2. The molecule has 1 saturated heterocycles. The number of H-pyrrole nitrogens is 1. The van der Waals surface area contributed by atoms with E-state index in [1.54, 1.807) is 12.1 Å². The van der Waals surface area contributed by atoms with Crippen molar-refractivity contribution in [1.82, 2.24) is 14.9 Å². The fraction of sp³-hybridized carbons (Fsp3) is 0.240. The number of nitrogens with one attached hydrogen (secondary N) is 1. The summed E-state index contributed by atoms with van der Waals surface area (Å²) in [4.78, 5) is 9.76. The SMILES string of the molecule is Oc1ccc2[nH]c(-c3ccc(F)cc3F)nc2c1CN1CCC(O)(c2ccccc2)CC1. The molecule has 0 amide bonds. The molecule has 0 unspecified atom stereocenters. The minimum atomic E-state index is -0.856. The Hall–Kier alpha value is -3.29. The number of phenolic OH excluding ortho intramolecular Hbond substituents is 1. The lowest BCUT2D eigenvalue weighted by molar-refractivity contribution is -0.0277. The van der Waals surface area contributed by atoms with E-state index in [1.807, 2.05) is 30.3 Å². The number of piperidine rings is 1. The van der Waals surface area contributed by atoms with Crippen LogP contribution in [0.2, 0.25) is 0 Å². The number of aliphatic hydroxyl groups is 1. The zero-order valence-electron chi connectivity index (χ0n) is 17.4. The van der Waals surface area contributed by atoms with E-state index in [0.717, 1.165) is 11.6 Å². The van der Waals surface area contributed by atoms with Gasteiger partial charge >= 0.3 is 0 Å². The highest BCUT2D eigenvalue weighted by atomic mass is 19.1. The standard InChI is InChI=1S/C25H23F2N3O2/c26-17-6-7-18(20(27)14-17)24-28-21-8-9-22(31)19(23(21)29-24)15-30-12-10-25(32,11-13-30)16-4-2-1-3-5-16/h1-9,14,31-32H,10-13,15H2,(H,28,29). The number of hydrogen-bond donors (Lipinski definition) is 3. The van der Waals surface area contributed by atoms with E-state index in [-0.39, 0.29) is 17.1 Å². The number of halogens is 2. The van der Waals surface area contributed by atoms with Crippen LogP contribution in [0.1, 0.15) is 24.0 Å². The molecular weight excluding hydrogens is 412 g/mol. The molecule has 0 atom stereocenters. The molecule has 164 valence electrons. The van der Waals surface area contributed by atoms with Gasteiger partial charge in [-0.05, 0) is 42.7 Å². The quantitative estimate of drug-likeness (QED) is 0.435. The second kappa shape index (κ2) is 8.00. The molecule has 1 aliphatic heterocycles. The van der Waals surface area contributed by atoms with E-state index >= 15 is 0 Å². The number of benzene rings is 3. The van der Waals surface area contributed by atoms with Crippen LogP contribution in [0.15, 0.2) is 60.7 Å². The van der Waals surface area contributed by atoms with E-state index in [9.17, 15) is 19.0 Å². The number of hydrogen-bond acceptors (Lipinski definition) is 4. The number of phenols is 1. The van der Waals surface area contributed by atoms with Gasteiger partial charge in [-0.25, -0.2) is 13.8 Å². The van der Waals surface area contributed by atoms with E-state index in [0.29, 0.717) is 49.1 Å². The van der Waals surface area contributed by atoms with Crippen LogP contribution in [0.4, 0.5) is 8.78 Å². The Morgan fingerprint density at radius 2 is 1.75 bits per heavy atom. The zero-order chi connectivity index (χ0) is 22.3. The lowest BCUT2D eigenvalue weighted by Crippen LogP contribution is -2.42. The zero-order valence-corrected chi connectivity index (χ0v) is 17.4. The minimum absolute atomic E-state index is 0.110. The van der Waals surface area contributed by atoms with E-state index in [1.165, 1.54) is 12.1 Å². The fourth-order valence-corrected chi connectivity index (χ4v) is 4.43. The van der Waals surface area contributed by atoms with Gasteiger partial charge in [0.2, 0.25) is 0 Å². The predicted octanol–water partition coefficient (Wildman–Crippen LogP) is 4.70. The molecule has 2 heterocycles. The molecule has 4 aromatic rings. The molecule has 1 aliphatic rings. The molecule has 7 heteroatoms. The Morgan fingerprint density at radius 1 is 1.00 bits per heavy atom. The summed E-state index contributed by atoms with van der Waals surface area (Å²) in [6, 6.07) is 16.3. The van der Waals surface area contributed by atoms with Crippen molar-refractivity contribution in [2.45, 2.75) is 25.0 Å². The van der Waals surface area contributed by atoms with Gasteiger partial charge in [0.1, 0.15) is 23.2 Å². The molecule has 1 fully saturated rings. The molecule has 32 heavy (non-hydrogen) atoms. The Labute approximate surface area is 184 Å². The minimum Gasteiger partial charge on any atom is -0.508 e. The first-order valence-electron chi connectivity index (χ1n) is 10.6. The number of aromatic hydroxyl groups is 1. The van der Waals surface area contributed by atoms with Gasteiger partial charge in [-0.2, -0.15) is 0 Å². The number of aromatic amines is 1. The van der Waals surface area contributed by atoms with Crippen molar-refractivity contribution in [2.75, 3.05) is 13.1 Å². The van der Waals surface area contributed by atoms with E-state index in [2.05, 4.69) is 14.9 Å². The topological polar surface area (TPSA) is 72.4 Å². The summed E-state index contributed by atoms with van der Waals surface area (Å²) in [6.07, 6.45) is 1.17. The summed E-state index contributed by atoms with van der Waals surface area (Å²) >= 11 is 0. The molecule has 3 N–H and O–H groups in total. The first-order chi connectivity index (χ1) is 15.4. The van der Waals surface area contributed by atoms with Gasteiger partial charge in [-0.3, -0.25) is 4.90 Å². The monoisotopic (exact) mass is 435 g/mol. The molecule has 0 saturated carbocycles. The third-order valence-electron chi connectivity index (χ3n) is 6.30. The van der Waals surface area contributed by atoms with Crippen molar-refractivity contribution in [1.29, 1.82) is 0 Å². The number of imidazole rings is 1. The summed E-state index contributed by atoms with van der Waals surface area (Å²) in [5.41, 5.74) is 2.08. The van der Waals surface area contributed by atoms with Gasteiger partial charge in [0, 0.05) is 31.3 Å². The first kappa shape index (κ1) is 20.6. The van der Waals surface area contributed by atoms with Crippen molar-refractivity contribution >= 4 is 11.0 Å². The summed E-state index contributed by atoms with van der Waals surface area (Å²) in [6.45, 7) is 1.76. The Morgan fingerprint density at radius 3 is 2.47 bits per heavy atom. The number of nitrogens with zero attached hydrogens (tertiary/aromatic N) is 2. The summed E-state index contributed by atoms with van der Waals surface area (Å²) < 4.78 is 27.5. The molecule has 5 nitrogen and oxygen atoms in total. The highest BCUT2D eigenvalue weighted by molar-refractivity contribution is 5.84. The van der Waals surface area contributed by atoms with E-state index < -0.39 is 17.2 Å². The summed E-state index contributed by atoms with van der Waals surface area (Å²) in [5.74, 6) is -0.965. The Balaban J connectivity index is 1.40. The third kappa shape index (κ3) is 3.74. The third-order valence-corrected chi connectivity index (χ3v) is 6.30. The largest absolute Gasteiger partial charge is 0.508 e. The normalized spacial score (nSPS) is 16.5. The molecule has 0 radical (unpaired) electrons. The molecule has 1 aromatic heterocycles. The van der Waals surface area contributed by atoms with Gasteiger partial charge in [0.25, 0.3) is 0 Å². The van der Waals surface area contributed by atoms with Crippen LogP contribution in [0.25, 0.3) is 22.4 Å². The first-order valence-corrected chi connectivity index (χ1v) is 10.6. The maximum absolute atomic E-state index is 14.2. The maximum atomic E-state index is 14.2. The van der Waals surface area contributed by atoms with Crippen LogP contribution in [0.3, 0.4) is 0 Å². The van der Waals surface area contributed by atoms with Crippen molar-refractivity contribution in [3.05, 3.63) is 83.4 Å². The molecule has 5 rings (SSSR count). The van der Waals surface area contributed by atoms with E-state index in [4.69, 9.17) is 0 Å². The summed E-state index contributed by atoms with van der Waals surface area (Å²) in [5, 5.41) is 21.6. The van der Waals surface area contributed by atoms with Crippen LogP contribution < -0.4 is 0 Å². The average molecular weight is 435 g/mol. The molecule has 0 bridgehead atoms. The Bertz CT molecular complexity index is 1270. The summed E-state index contributed by atoms with van der Waals surface area (Å²) in [7, 11) is 0. The fourth-order valence-electron chi connectivity index (χ4n) is 4.43. The van der Waals surface area contributed by atoms with Crippen molar-refractivity contribution in [3.63, 3.8) is 0 Å².